The molecule has 1 fully saturated rings. The van der Waals surface area contributed by atoms with Crippen LogP contribution < -0.4 is 0 Å². The van der Waals surface area contributed by atoms with Gasteiger partial charge in [-0.2, -0.15) is 0 Å². The lowest BCUT2D eigenvalue weighted by Gasteiger charge is -2.27. The highest BCUT2D eigenvalue weighted by molar-refractivity contribution is 6.03. The summed E-state index contributed by atoms with van der Waals surface area (Å²) in [5.74, 6) is 0.154. The first kappa shape index (κ1) is 18.7. The molecule has 2 aliphatic rings. The summed E-state index contributed by atoms with van der Waals surface area (Å²) in [7, 11) is 2.66. The van der Waals surface area contributed by atoms with Crippen LogP contribution in [-0.4, -0.2) is 44.1 Å². The van der Waals surface area contributed by atoms with Gasteiger partial charge in [-0.15, -0.1) is 0 Å². The smallest absolute Gasteiger partial charge is 0.338 e. The summed E-state index contributed by atoms with van der Waals surface area (Å²) >= 11 is 0. The molecule has 0 N–H and O–H groups in total. The minimum absolute atomic E-state index is 0.297. The van der Waals surface area contributed by atoms with Crippen LogP contribution in [-0.2, 0) is 28.9 Å². The third-order valence-corrected chi connectivity index (χ3v) is 6.02. The highest BCUT2D eigenvalue weighted by atomic mass is 16.5. The number of hydrogen-bond donors (Lipinski definition) is 0. The average molecular weight is 379 g/mol. The van der Waals surface area contributed by atoms with Crippen LogP contribution in [0.15, 0.2) is 42.5 Å². The van der Waals surface area contributed by atoms with Gasteiger partial charge in [-0.05, 0) is 53.5 Å². The van der Waals surface area contributed by atoms with Crippen LogP contribution in [0.4, 0.5) is 0 Å². The Labute approximate surface area is 165 Å². The Hall–Kier alpha value is -2.66. The third-order valence-electron chi connectivity index (χ3n) is 6.02. The number of nitrogens with zero attached hydrogens (tertiary/aromatic N) is 1. The molecule has 4 rings (SSSR count). The lowest BCUT2D eigenvalue weighted by Crippen LogP contribution is -2.25. The van der Waals surface area contributed by atoms with E-state index < -0.39 is 11.9 Å². The van der Waals surface area contributed by atoms with Crippen LogP contribution in [0.2, 0.25) is 0 Å². The van der Waals surface area contributed by atoms with Gasteiger partial charge in [0.25, 0.3) is 0 Å². The minimum atomic E-state index is -0.498. The van der Waals surface area contributed by atoms with E-state index in [-0.39, 0.29) is 0 Å². The van der Waals surface area contributed by atoms with E-state index in [4.69, 9.17) is 9.47 Å². The van der Waals surface area contributed by atoms with E-state index in [0.717, 1.165) is 43.6 Å². The highest BCUT2D eigenvalue weighted by Gasteiger charge is 2.37. The Morgan fingerprint density at radius 3 is 1.86 bits per heavy atom. The summed E-state index contributed by atoms with van der Waals surface area (Å²) in [6.07, 6.45) is 1.85. The Balaban J connectivity index is 1.57. The summed E-state index contributed by atoms with van der Waals surface area (Å²) in [6.45, 7) is 3.08. The first-order valence-electron chi connectivity index (χ1n) is 9.67. The molecule has 2 aromatic carbocycles. The number of benzene rings is 2. The molecule has 1 aliphatic carbocycles. The van der Waals surface area contributed by atoms with Gasteiger partial charge in [0.2, 0.25) is 0 Å². The molecule has 28 heavy (non-hydrogen) atoms. The number of esters is 2. The zero-order valence-corrected chi connectivity index (χ0v) is 16.3. The second kappa shape index (κ2) is 7.76. The molecule has 0 spiro atoms. The number of ether oxygens (including phenoxy) is 2. The fourth-order valence-electron chi connectivity index (χ4n) is 4.66. The van der Waals surface area contributed by atoms with Gasteiger partial charge in [0.15, 0.2) is 0 Å². The minimum Gasteiger partial charge on any atom is -0.465 e. The van der Waals surface area contributed by atoms with Crippen molar-refractivity contribution in [2.75, 3.05) is 27.3 Å². The van der Waals surface area contributed by atoms with Crippen molar-refractivity contribution in [1.29, 1.82) is 0 Å². The van der Waals surface area contributed by atoms with Crippen LogP contribution in [0.3, 0.4) is 0 Å². The number of carbonyl (C=O) groups excluding carboxylic acids is 2. The number of fused-ring (bicyclic) bond motifs is 2. The molecule has 0 aromatic heterocycles. The molecule has 1 aliphatic heterocycles. The number of rotatable bonds is 4. The monoisotopic (exact) mass is 379 g/mol. The maximum Gasteiger partial charge on any atom is 0.338 e. The van der Waals surface area contributed by atoms with Crippen LogP contribution in [0.25, 0.3) is 0 Å². The van der Waals surface area contributed by atoms with Crippen molar-refractivity contribution in [1.82, 2.24) is 4.90 Å². The highest BCUT2D eigenvalue weighted by Crippen LogP contribution is 2.37. The molecule has 0 bridgehead atoms. The molecule has 0 radical (unpaired) electrons. The maximum atomic E-state index is 12.2. The predicted octanol–water partition coefficient (Wildman–Crippen LogP) is 3.11. The zero-order valence-electron chi connectivity index (χ0n) is 16.3. The van der Waals surface area contributed by atoms with Crippen LogP contribution in [0, 0.1) is 11.8 Å². The molecular formula is C23H25NO4. The fourth-order valence-corrected chi connectivity index (χ4v) is 4.66. The number of likely N-dealkylation sites (tertiary alicyclic amines) is 1. The molecule has 5 heteroatoms. The van der Waals surface area contributed by atoms with Gasteiger partial charge in [-0.1, -0.05) is 30.3 Å². The van der Waals surface area contributed by atoms with Crippen molar-refractivity contribution in [3.63, 3.8) is 0 Å². The summed E-state index contributed by atoms with van der Waals surface area (Å²) in [4.78, 5) is 26.9. The van der Waals surface area contributed by atoms with Crippen LogP contribution >= 0.6 is 0 Å². The van der Waals surface area contributed by atoms with E-state index in [1.165, 1.54) is 19.8 Å². The summed E-state index contributed by atoms with van der Waals surface area (Å²) in [5, 5.41) is 0. The molecule has 0 saturated carbocycles. The van der Waals surface area contributed by atoms with E-state index in [1.807, 2.05) is 18.2 Å². The first-order chi connectivity index (χ1) is 13.6. The van der Waals surface area contributed by atoms with Crippen molar-refractivity contribution in [3.8, 4) is 0 Å². The molecule has 0 amide bonds. The van der Waals surface area contributed by atoms with Gasteiger partial charge in [-0.25, -0.2) is 9.59 Å². The normalized spacial score (nSPS) is 20.9. The first-order valence-corrected chi connectivity index (χ1v) is 9.67. The summed E-state index contributed by atoms with van der Waals surface area (Å²) < 4.78 is 9.76. The quantitative estimate of drug-likeness (QED) is 0.764. The molecule has 5 nitrogen and oxygen atoms in total. The van der Waals surface area contributed by atoms with Crippen molar-refractivity contribution in [2.45, 2.75) is 19.4 Å². The van der Waals surface area contributed by atoms with Crippen molar-refractivity contribution in [3.05, 3.63) is 70.3 Å². The molecule has 146 valence electrons. The van der Waals surface area contributed by atoms with Gasteiger partial charge in [0, 0.05) is 19.6 Å². The molecule has 2 atom stereocenters. The second-order valence-corrected chi connectivity index (χ2v) is 7.76. The van der Waals surface area contributed by atoms with E-state index in [9.17, 15) is 9.59 Å². The van der Waals surface area contributed by atoms with Gasteiger partial charge in [-0.3, -0.25) is 4.90 Å². The number of hydrogen-bond acceptors (Lipinski definition) is 5. The average Bonchev–Trinajstić information content (AvgIpc) is 3.11. The Bertz CT molecular complexity index is 840. The summed E-state index contributed by atoms with van der Waals surface area (Å²) in [5.41, 5.74) is 4.22. The molecular weight excluding hydrogens is 354 g/mol. The van der Waals surface area contributed by atoms with Gasteiger partial charge in [0.1, 0.15) is 0 Å². The Morgan fingerprint density at radius 1 is 0.893 bits per heavy atom. The third kappa shape index (κ3) is 3.54. The standard InChI is InChI=1S/C23H25NO4/c1-27-22(25)20-10-16-8-18-13-24(12-15-6-4-3-5-7-15)14-19(18)9-17(16)11-21(20)23(26)28-2/h3-7,10-11,18-19H,8-9,12-14H2,1-2H3. The van der Waals surface area contributed by atoms with Crippen LogP contribution in [0.5, 0.6) is 0 Å². The largest absolute Gasteiger partial charge is 0.465 e. The van der Waals surface area contributed by atoms with E-state index in [2.05, 4.69) is 29.2 Å². The Morgan fingerprint density at radius 2 is 1.39 bits per heavy atom. The Kier molecular flexibility index (Phi) is 5.18. The maximum absolute atomic E-state index is 12.2. The lowest BCUT2D eigenvalue weighted by molar-refractivity contribution is 0.0555. The molecule has 2 unspecified atom stereocenters. The van der Waals surface area contributed by atoms with Gasteiger partial charge < -0.3 is 9.47 Å². The number of carbonyl (C=O) groups is 2. The van der Waals surface area contributed by atoms with E-state index >= 15 is 0 Å². The van der Waals surface area contributed by atoms with Gasteiger partial charge in [0.05, 0.1) is 25.3 Å². The van der Waals surface area contributed by atoms with Crippen molar-refractivity contribution < 1.29 is 19.1 Å². The fraction of sp³-hybridized carbons (Fsp3) is 0.391. The second-order valence-electron chi connectivity index (χ2n) is 7.76. The number of methoxy groups -OCH3 is 2. The van der Waals surface area contributed by atoms with E-state index in [0.29, 0.717) is 23.0 Å². The summed E-state index contributed by atoms with van der Waals surface area (Å²) in [6, 6.07) is 14.2. The van der Waals surface area contributed by atoms with E-state index in [1.54, 1.807) is 0 Å². The zero-order chi connectivity index (χ0) is 19.7. The van der Waals surface area contributed by atoms with Crippen molar-refractivity contribution in [2.24, 2.45) is 11.8 Å². The van der Waals surface area contributed by atoms with Crippen LogP contribution in [0.1, 0.15) is 37.4 Å². The van der Waals surface area contributed by atoms with Crippen molar-refractivity contribution >= 4 is 11.9 Å². The molecule has 1 saturated heterocycles. The molecule has 1 heterocycles. The lowest BCUT2D eigenvalue weighted by atomic mass is 9.76. The topological polar surface area (TPSA) is 55.8 Å². The SMILES string of the molecule is COC(=O)c1cc2c(cc1C(=O)OC)CC1CN(Cc3ccccc3)CC1C2. The molecule has 2 aromatic rings. The van der Waals surface area contributed by atoms with Gasteiger partial charge >= 0.3 is 11.9 Å². The predicted molar refractivity (Wildman–Crippen MR) is 105 cm³/mol.